The van der Waals surface area contributed by atoms with Gasteiger partial charge in [-0.15, -0.1) is 0 Å². The molecule has 0 aromatic rings. The molecule has 5 heteroatoms. The Morgan fingerprint density at radius 1 is 0.850 bits per heavy atom. The van der Waals surface area contributed by atoms with Gasteiger partial charge < -0.3 is 16.6 Å². The van der Waals surface area contributed by atoms with Crippen molar-refractivity contribution in [2.45, 2.75) is 78.1 Å². The van der Waals surface area contributed by atoms with E-state index in [-0.39, 0.29) is 18.9 Å². The molecule has 0 saturated carbocycles. The van der Waals surface area contributed by atoms with Gasteiger partial charge in [-0.05, 0) is 0 Å². The molecule has 0 atom stereocenters. The third-order valence-electron chi connectivity index (χ3n) is 2.65. The summed E-state index contributed by atoms with van der Waals surface area (Å²) in [5.74, 6) is -2.62. The Hall–Kier alpha value is -0.463. The van der Waals surface area contributed by atoms with Gasteiger partial charge in [0, 0.05) is 0 Å². The van der Waals surface area contributed by atoms with Gasteiger partial charge in [-0.2, -0.15) is 13.3 Å². The minimum Gasteiger partial charge on any atom is -0.481 e. The third-order valence-corrected chi connectivity index (χ3v) is 2.65. The van der Waals surface area contributed by atoms with E-state index in [2.05, 4.69) is 20.3 Å². The van der Waals surface area contributed by atoms with Crippen molar-refractivity contribution in [3.63, 3.8) is 0 Å². The summed E-state index contributed by atoms with van der Waals surface area (Å²) in [7, 11) is 0. The molecule has 0 heterocycles. The first-order valence-corrected chi connectivity index (χ1v) is 7.26. The van der Waals surface area contributed by atoms with Crippen LogP contribution in [0.5, 0.6) is 0 Å². The summed E-state index contributed by atoms with van der Waals surface area (Å²) in [6.07, 6.45) is 14.3. The van der Waals surface area contributed by atoms with E-state index in [1.54, 1.807) is 0 Å². The zero-order chi connectivity index (χ0) is 14.9. The van der Waals surface area contributed by atoms with Crippen molar-refractivity contribution in [3.8, 4) is 0 Å². The van der Waals surface area contributed by atoms with Gasteiger partial charge in [0.25, 0.3) is 0 Å². The van der Waals surface area contributed by atoms with E-state index in [9.17, 15) is 9.59 Å². The average Bonchev–Trinajstić information content (AvgIpc) is 2.32. The number of hydrogen-bond donors (Lipinski definition) is 2. The number of unbranched alkanes of at least 4 members (excludes halogenated alkanes) is 9. The molecule has 0 rings (SSSR count). The van der Waals surface area contributed by atoms with Crippen molar-refractivity contribution < 1.29 is 38.7 Å². The second-order valence-electron chi connectivity index (χ2n) is 4.64. The second-order valence-corrected chi connectivity index (χ2v) is 4.64. The number of aliphatic carboxylic acids is 2. The number of carbonyl (C=O) groups is 2. The Morgan fingerprint density at radius 3 is 1.55 bits per heavy atom. The predicted molar refractivity (Wildman–Crippen MR) is 77.1 cm³/mol. The number of carboxylic acid groups (broad SMARTS) is 2. The van der Waals surface area contributed by atoms with Gasteiger partial charge in [0.2, 0.25) is 0 Å². The fraction of sp³-hybridized carbons (Fsp3) is 0.800. The van der Waals surface area contributed by atoms with Crippen molar-refractivity contribution in [2.24, 2.45) is 0 Å². The van der Waals surface area contributed by atoms with Crippen LogP contribution in [-0.4, -0.2) is 22.2 Å². The molecular weight excluding hydrogens is 251 g/mol. The van der Waals surface area contributed by atoms with E-state index in [0.717, 1.165) is 0 Å². The van der Waals surface area contributed by atoms with Crippen LogP contribution in [0.4, 0.5) is 0 Å². The molecule has 0 aliphatic carbocycles. The molecule has 0 aromatic carbocycles. The van der Waals surface area contributed by atoms with Gasteiger partial charge in [0.05, 0.1) is 0 Å². The van der Waals surface area contributed by atoms with Crippen LogP contribution in [-0.2, 0) is 9.59 Å². The van der Waals surface area contributed by atoms with Crippen molar-refractivity contribution in [1.82, 2.24) is 0 Å². The summed E-state index contributed by atoms with van der Waals surface area (Å²) in [6, 6.07) is 0. The molecule has 0 aliphatic heterocycles. The van der Waals surface area contributed by atoms with Gasteiger partial charge in [0.15, 0.2) is 0 Å². The van der Waals surface area contributed by atoms with Crippen LogP contribution >= 0.6 is 0 Å². The maximum absolute atomic E-state index is 9.43. The molecule has 4 nitrogen and oxygen atoms in total. The van der Waals surface area contributed by atoms with Crippen LogP contribution in [0.3, 0.4) is 0 Å². The minimum absolute atomic E-state index is 0. The first-order valence-electron chi connectivity index (χ1n) is 7.26. The maximum Gasteiger partial charge on any atom is 1.00 e. The van der Waals surface area contributed by atoms with Gasteiger partial charge in [-0.1, -0.05) is 58.3 Å². The fourth-order valence-electron chi connectivity index (χ4n) is 1.61. The SMILES string of the molecule is C[CH-]CCCCCCCCCC.O=C(O)CC(=O)O.[Li+]. The Labute approximate surface area is 135 Å². The van der Waals surface area contributed by atoms with E-state index in [4.69, 9.17) is 10.2 Å². The third kappa shape index (κ3) is 30.5. The second kappa shape index (κ2) is 20.8. The van der Waals surface area contributed by atoms with Crippen molar-refractivity contribution in [3.05, 3.63) is 6.42 Å². The Kier molecular flexibility index (Phi) is 25.6. The van der Waals surface area contributed by atoms with E-state index < -0.39 is 18.4 Å². The molecule has 0 saturated heterocycles. The topological polar surface area (TPSA) is 74.6 Å². The molecule has 0 bridgehead atoms. The fourth-order valence-corrected chi connectivity index (χ4v) is 1.61. The van der Waals surface area contributed by atoms with Crippen molar-refractivity contribution in [1.29, 1.82) is 0 Å². The zero-order valence-corrected chi connectivity index (χ0v) is 13.4. The van der Waals surface area contributed by atoms with E-state index >= 15 is 0 Å². The van der Waals surface area contributed by atoms with E-state index in [0.29, 0.717) is 0 Å². The molecule has 0 amide bonds. The molecule has 0 aliphatic rings. The first-order chi connectivity index (χ1) is 9.04. The summed E-state index contributed by atoms with van der Waals surface area (Å²) in [6.45, 7) is 4.43. The first kappa shape index (κ1) is 24.5. The minimum atomic E-state index is -1.31. The van der Waals surface area contributed by atoms with E-state index in [1.807, 2.05) is 0 Å². The van der Waals surface area contributed by atoms with E-state index in [1.165, 1.54) is 57.8 Å². The van der Waals surface area contributed by atoms with Crippen LogP contribution in [0, 0.1) is 6.42 Å². The molecule has 0 aromatic heterocycles. The largest absolute Gasteiger partial charge is 1.00 e. The molecule has 0 fully saturated rings. The molecular formula is C15H29LiO4. The summed E-state index contributed by atoms with van der Waals surface area (Å²) >= 11 is 0. The number of hydrogen-bond acceptors (Lipinski definition) is 2. The molecule has 20 heavy (non-hydrogen) atoms. The van der Waals surface area contributed by atoms with Crippen LogP contribution in [0.25, 0.3) is 0 Å². The average molecular weight is 280 g/mol. The summed E-state index contributed by atoms with van der Waals surface area (Å²) < 4.78 is 0. The smallest absolute Gasteiger partial charge is 0.481 e. The maximum atomic E-state index is 9.43. The van der Waals surface area contributed by atoms with Crippen LogP contribution in [0.1, 0.15) is 78.1 Å². The summed E-state index contributed by atoms with van der Waals surface area (Å²) in [5, 5.41) is 15.4. The van der Waals surface area contributed by atoms with Crippen LogP contribution < -0.4 is 18.9 Å². The Balaban J connectivity index is -0.000000312. The van der Waals surface area contributed by atoms with Crippen molar-refractivity contribution in [2.75, 3.05) is 0 Å². The van der Waals surface area contributed by atoms with Gasteiger partial charge in [0.1, 0.15) is 6.42 Å². The number of carboxylic acids is 2. The van der Waals surface area contributed by atoms with Gasteiger partial charge in [-0.25, -0.2) is 0 Å². The standard InChI is InChI=1S/C12H25.C3H4O4.Li/c1-3-5-7-9-11-12-10-8-6-4-2;4-2(5)1-3(6)7;/h3H,4-12H2,1-2H3;1H2,(H,4,5)(H,6,7);/q-1;;+1. The van der Waals surface area contributed by atoms with Gasteiger partial charge in [-0.3, -0.25) is 9.59 Å². The van der Waals surface area contributed by atoms with Crippen LogP contribution in [0.2, 0.25) is 0 Å². The quantitative estimate of drug-likeness (QED) is 0.259. The zero-order valence-electron chi connectivity index (χ0n) is 13.4. The normalized spacial score (nSPS) is 9.10. The Bertz CT molecular complexity index is 198. The predicted octanol–water partition coefficient (Wildman–Crippen LogP) is 1.29. The monoisotopic (exact) mass is 280 g/mol. The number of rotatable bonds is 11. The van der Waals surface area contributed by atoms with Crippen molar-refractivity contribution >= 4 is 11.9 Å². The molecule has 0 radical (unpaired) electrons. The molecule has 0 unspecified atom stereocenters. The molecule has 2 N–H and O–H groups in total. The molecule has 0 spiro atoms. The Morgan fingerprint density at radius 2 is 1.25 bits per heavy atom. The van der Waals surface area contributed by atoms with Crippen LogP contribution in [0.15, 0.2) is 0 Å². The van der Waals surface area contributed by atoms with Gasteiger partial charge >= 0.3 is 30.8 Å². The summed E-state index contributed by atoms with van der Waals surface area (Å²) in [4.78, 5) is 18.9. The summed E-state index contributed by atoms with van der Waals surface area (Å²) in [5.41, 5.74) is 0. The molecule has 114 valence electrons.